The zero-order chi connectivity index (χ0) is 11.1. The summed E-state index contributed by atoms with van der Waals surface area (Å²) in [4.78, 5) is 21.2. The van der Waals surface area contributed by atoms with E-state index in [1.165, 1.54) is 0 Å². The Balaban J connectivity index is 2.07. The van der Waals surface area contributed by atoms with Crippen molar-refractivity contribution in [1.29, 1.82) is 0 Å². The number of amides is 2. The highest BCUT2D eigenvalue weighted by Crippen LogP contribution is 2.09. The number of carbonyl (C=O) groups is 2. The fourth-order valence-electron chi connectivity index (χ4n) is 1.54. The minimum atomic E-state index is -1.04. The molecule has 0 radical (unpaired) electrons. The van der Waals surface area contributed by atoms with Gasteiger partial charge in [-0.1, -0.05) is 0 Å². The molecule has 0 aliphatic carbocycles. The molecule has 6 nitrogen and oxygen atoms in total. The van der Waals surface area contributed by atoms with Crippen LogP contribution in [0.1, 0.15) is 12.8 Å². The van der Waals surface area contributed by atoms with Crippen LogP contribution in [0.2, 0.25) is 0 Å². The molecule has 0 spiro atoms. The minimum Gasteiger partial charge on any atom is -0.480 e. The van der Waals surface area contributed by atoms with Crippen LogP contribution in [-0.4, -0.2) is 43.3 Å². The Labute approximate surface area is 88.4 Å². The molecule has 1 aliphatic rings. The van der Waals surface area contributed by atoms with Crippen molar-refractivity contribution < 1.29 is 14.7 Å². The Morgan fingerprint density at radius 2 is 1.93 bits per heavy atom. The van der Waals surface area contributed by atoms with Crippen molar-refractivity contribution in [1.82, 2.24) is 16.0 Å². The molecule has 1 aliphatic heterocycles. The average Bonchev–Trinajstić information content (AvgIpc) is 2.25. The predicted molar refractivity (Wildman–Crippen MR) is 54.6 cm³/mol. The second kappa shape index (κ2) is 6.23. The van der Waals surface area contributed by atoms with E-state index in [-0.39, 0.29) is 6.54 Å². The van der Waals surface area contributed by atoms with Crippen LogP contribution in [0.5, 0.6) is 0 Å². The first-order valence-corrected chi connectivity index (χ1v) is 5.12. The second-order valence-corrected chi connectivity index (χ2v) is 3.65. The van der Waals surface area contributed by atoms with Gasteiger partial charge in [-0.3, -0.25) is 4.79 Å². The zero-order valence-corrected chi connectivity index (χ0v) is 8.58. The van der Waals surface area contributed by atoms with E-state index in [1.807, 2.05) is 0 Å². The third-order valence-corrected chi connectivity index (χ3v) is 2.41. The normalized spacial score (nSPS) is 17.1. The molecule has 1 rings (SSSR count). The van der Waals surface area contributed by atoms with Gasteiger partial charge in [-0.25, -0.2) is 4.79 Å². The number of hydrogen-bond donors (Lipinski definition) is 4. The van der Waals surface area contributed by atoms with E-state index in [0.29, 0.717) is 12.5 Å². The van der Waals surface area contributed by atoms with Crippen molar-refractivity contribution in [3.05, 3.63) is 0 Å². The summed E-state index contributed by atoms with van der Waals surface area (Å²) in [6.45, 7) is 2.26. The van der Waals surface area contributed by atoms with Crippen LogP contribution in [0.3, 0.4) is 0 Å². The lowest BCUT2D eigenvalue weighted by molar-refractivity contribution is -0.135. The van der Waals surface area contributed by atoms with Gasteiger partial charge in [-0.2, -0.15) is 0 Å². The van der Waals surface area contributed by atoms with Crippen molar-refractivity contribution in [3.8, 4) is 0 Å². The molecule has 1 heterocycles. The van der Waals surface area contributed by atoms with Crippen molar-refractivity contribution in [2.45, 2.75) is 12.8 Å². The summed E-state index contributed by atoms with van der Waals surface area (Å²) >= 11 is 0. The summed E-state index contributed by atoms with van der Waals surface area (Å²) in [6.07, 6.45) is 2.11. The predicted octanol–water partition coefficient (Wildman–Crippen LogP) is -0.630. The fourth-order valence-corrected chi connectivity index (χ4v) is 1.54. The zero-order valence-electron chi connectivity index (χ0n) is 8.58. The van der Waals surface area contributed by atoms with Gasteiger partial charge < -0.3 is 21.1 Å². The molecule has 4 N–H and O–H groups in total. The first-order chi connectivity index (χ1) is 7.18. The van der Waals surface area contributed by atoms with E-state index in [1.54, 1.807) is 0 Å². The molecule has 0 unspecified atom stereocenters. The van der Waals surface area contributed by atoms with Crippen LogP contribution in [0.25, 0.3) is 0 Å². The number of urea groups is 1. The lowest BCUT2D eigenvalue weighted by Gasteiger charge is -2.22. The average molecular weight is 215 g/mol. The van der Waals surface area contributed by atoms with Crippen molar-refractivity contribution >= 4 is 12.0 Å². The lowest BCUT2D eigenvalue weighted by atomic mass is 9.98. The Morgan fingerprint density at radius 3 is 2.53 bits per heavy atom. The summed E-state index contributed by atoms with van der Waals surface area (Å²) in [5, 5.41) is 16.5. The number of aliphatic carboxylic acids is 1. The quantitative estimate of drug-likeness (QED) is 0.502. The number of carboxylic acids is 1. The molecule has 0 atom stereocenters. The smallest absolute Gasteiger partial charge is 0.323 e. The van der Waals surface area contributed by atoms with Crippen LogP contribution >= 0.6 is 0 Å². The van der Waals surface area contributed by atoms with E-state index >= 15 is 0 Å². The number of rotatable bonds is 4. The van der Waals surface area contributed by atoms with Gasteiger partial charge in [0.15, 0.2) is 0 Å². The summed E-state index contributed by atoms with van der Waals surface area (Å²) in [5.41, 5.74) is 0. The number of carbonyl (C=O) groups excluding carboxylic acids is 1. The highest BCUT2D eigenvalue weighted by atomic mass is 16.4. The molecule has 15 heavy (non-hydrogen) atoms. The topological polar surface area (TPSA) is 90.5 Å². The van der Waals surface area contributed by atoms with Gasteiger partial charge in [0.1, 0.15) is 6.54 Å². The van der Waals surface area contributed by atoms with Crippen LogP contribution in [-0.2, 0) is 4.79 Å². The van der Waals surface area contributed by atoms with Crippen LogP contribution in [0, 0.1) is 5.92 Å². The van der Waals surface area contributed by atoms with E-state index in [4.69, 9.17) is 5.11 Å². The van der Waals surface area contributed by atoms with E-state index in [0.717, 1.165) is 25.9 Å². The second-order valence-electron chi connectivity index (χ2n) is 3.65. The number of nitrogens with one attached hydrogen (secondary N) is 3. The number of piperidine rings is 1. The van der Waals surface area contributed by atoms with Crippen LogP contribution in [0.15, 0.2) is 0 Å². The van der Waals surface area contributed by atoms with Crippen molar-refractivity contribution in [2.75, 3.05) is 26.2 Å². The van der Waals surface area contributed by atoms with Crippen LogP contribution in [0.4, 0.5) is 4.79 Å². The van der Waals surface area contributed by atoms with Gasteiger partial charge in [0.2, 0.25) is 0 Å². The Bertz CT molecular complexity index is 227. The Morgan fingerprint density at radius 1 is 1.27 bits per heavy atom. The molecule has 6 heteroatoms. The molecule has 1 fully saturated rings. The van der Waals surface area contributed by atoms with Crippen LogP contribution < -0.4 is 16.0 Å². The monoisotopic (exact) mass is 215 g/mol. The first-order valence-electron chi connectivity index (χ1n) is 5.12. The van der Waals surface area contributed by atoms with Gasteiger partial charge >= 0.3 is 12.0 Å². The molecule has 1 saturated heterocycles. The van der Waals surface area contributed by atoms with Gasteiger partial charge in [-0.05, 0) is 31.8 Å². The molecule has 0 saturated carbocycles. The SMILES string of the molecule is O=C(O)CNC(=O)NCC1CCNCC1. The summed E-state index contributed by atoms with van der Waals surface area (Å²) in [5.74, 6) is -0.533. The van der Waals surface area contributed by atoms with E-state index in [2.05, 4.69) is 16.0 Å². The number of carboxylic acid groups (broad SMARTS) is 1. The summed E-state index contributed by atoms with van der Waals surface area (Å²) in [7, 11) is 0. The summed E-state index contributed by atoms with van der Waals surface area (Å²) < 4.78 is 0. The molecule has 0 aromatic heterocycles. The first kappa shape index (κ1) is 11.8. The maximum absolute atomic E-state index is 11.1. The van der Waals surface area contributed by atoms with Gasteiger partial charge in [0.25, 0.3) is 0 Å². The van der Waals surface area contributed by atoms with E-state index < -0.39 is 12.0 Å². The van der Waals surface area contributed by atoms with Gasteiger partial charge in [-0.15, -0.1) is 0 Å². The highest BCUT2D eigenvalue weighted by Gasteiger charge is 2.13. The standard InChI is InChI=1S/C9H17N3O3/c13-8(14)6-12-9(15)11-5-7-1-3-10-4-2-7/h7,10H,1-6H2,(H,13,14)(H2,11,12,15). The maximum Gasteiger partial charge on any atom is 0.323 e. The number of hydrogen-bond acceptors (Lipinski definition) is 3. The molecule has 2 amide bonds. The highest BCUT2D eigenvalue weighted by molar-refractivity contribution is 5.79. The molecular weight excluding hydrogens is 198 g/mol. The Hall–Kier alpha value is -1.30. The molecule has 0 bridgehead atoms. The molecule has 0 aromatic rings. The molecular formula is C9H17N3O3. The van der Waals surface area contributed by atoms with Crippen molar-refractivity contribution in [3.63, 3.8) is 0 Å². The molecule has 0 aromatic carbocycles. The molecule has 86 valence electrons. The maximum atomic E-state index is 11.1. The third kappa shape index (κ3) is 5.21. The fraction of sp³-hybridized carbons (Fsp3) is 0.778. The van der Waals surface area contributed by atoms with E-state index in [9.17, 15) is 9.59 Å². The summed E-state index contributed by atoms with van der Waals surface area (Å²) in [6, 6.07) is -0.407. The minimum absolute atomic E-state index is 0.335. The Kier molecular flexibility index (Phi) is 4.89. The van der Waals surface area contributed by atoms with Gasteiger partial charge in [0.05, 0.1) is 0 Å². The third-order valence-electron chi connectivity index (χ3n) is 2.41. The lowest BCUT2D eigenvalue weighted by Crippen LogP contribution is -2.42. The van der Waals surface area contributed by atoms with Crippen molar-refractivity contribution in [2.24, 2.45) is 5.92 Å². The van der Waals surface area contributed by atoms with Gasteiger partial charge in [0, 0.05) is 6.54 Å². The largest absolute Gasteiger partial charge is 0.480 e.